The van der Waals surface area contributed by atoms with Crippen LogP contribution in [0.3, 0.4) is 0 Å². The molecule has 0 unspecified atom stereocenters. The zero-order chi connectivity index (χ0) is 24.0. The minimum Gasteiger partial charge on any atom is -0.481 e. The predicted octanol–water partition coefficient (Wildman–Crippen LogP) is 1.46. The average molecular weight is 460 g/mol. The number of hydrogen-bond acceptors (Lipinski definition) is 8. The average Bonchev–Trinajstić information content (AvgIpc) is 3.39. The highest BCUT2D eigenvalue weighted by atomic mass is 16.5. The van der Waals surface area contributed by atoms with E-state index in [2.05, 4.69) is 21.5 Å². The van der Waals surface area contributed by atoms with Gasteiger partial charge in [-0.25, -0.2) is 14.5 Å². The minimum absolute atomic E-state index is 0.0904. The number of nitrogens with zero attached hydrogens (tertiary/aromatic N) is 6. The van der Waals surface area contributed by atoms with Crippen LogP contribution >= 0.6 is 0 Å². The number of primary amides is 1. The van der Waals surface area contributed by atoms with E-state index < -0.39 is 11.3 Å². The third-order valence-electron chi connectivity index (χ3n) is 6.60. The van der Waals surface area contributed by atoms with Crippen LogP contribution in [-0.2, 0) is 4.79 Å². The molecule has 0 bridgehead atoms. The van der Waals surface area contributed by atoms with Gasteiger partial charge in [0.05, 0.1) is 42.5 Å². The maximum Gasteiger partial charge on any atom is 0.252 e. The molecule has 2 amide bonds. The fraction of sp³-hybridized carbons (Fsp3) is 0.391. The fourth-order valence-corrected chi connectivity index (χ4v) is 4.36. The molecule has 5 rings (SSSR count). The van der Waals surface area contributed by atoms with E-state index >= 15 is 0 Å². The number of methoxy groups -OCH3 is 1. The van der Waals surface area contributed by atoms with Gasteiger partial charge in [0.1, 0.15) is 5.41 Å². The summed E-state index contributed by atoms with van der Waals surface area (Å²) >= 11 is 0. The van der Waals surface area contributed by atoms with E-state index in [1.807, 2.05) is 13.0 Å². The molecule has 0 aromatic carbocycles. The monoisotopic (exact) mass is 460 g/mol. The molecule has 2 aliphatic rings. The van der Waals surface area contributed by atoms with E-state index in [9.17, 15) is 14.9 Å². The van der Waals surface area contributed by atoms with Crippen molar-refractivity contribution in [2.24, 2.45) is 17.1 Å². The molecule has 34 heavy (non-hydrogen) atoms. The summed E-state index contributed by atoms with van der Waals surface area (Å²) in [7, 11) is 1.55. The highest BCUT2D eigenvalue weighted by molar-refractivity contribution is 6.01. The lowest BCUT2D eigenvalue weighted by Crippen LogP contribution is -2.36. The highest BCUT2D eigenvalue weighted by Gasteiger charge is 2.54. The van der Waals surface area contributed by atoms with E-state index in [-0.39, 0.29) is 23.4 Å². The second-order valence-corrected chi connectivity index (χ2v) is 8.91. The van der Waals surface area contributed by atoms with E-state index in [0.29, 0.717) is 48.8 Å². The Morgan fingerprint density at radius 3 is 2.71 bits per heavy atom. The van der Waals surface area contributed by atoms with Gasteiger partial charge in [0, 0.05) is 37.0 Å². The summed E-state index contributed by atoms with van der Waals surface area (Å²) in [5, 5.41) is 17.1. The number of imidazole rings is 1. The molecule has 0 radical (unpaired) electrons. The van der Waals surface area contributed by atoms with Crippen molar-refractivity contribution >= 4 is 23.1 Å². The molecule has 3 N–H and O–H groups in total. The molecule has 174 valence electrons. The molecular weight excluding hydrogens is 436 g/mol. The zero-order valence-corrected chi connectivity index (χ0v) is 18.9. The van der Waals surface area contributed by atoms with E-state index in [1.54, 1.807) is 35.0 Å². The van der Waals surface area contributed by atoms with E-state index in [0.717, 1.165) is 5.56 Å². The molecule has 3 aromatic rings. The number of likely N-dealkylation sites (tertiary alicyclic amines) is 1. The van der Waals surface area contributed by atoms with Crippen molar-refractivity contribution in [1.82, 2.24) is 24.5 Å². The predicted molar refractivity (Wildman–Crippen MR) is 122 cm³/mol. The van der Waals surface area contributed by atoms with Gasteiger partial charge in [0.25, 0.3) is 5.91 Å². The maximum atomic E-state index is 12.9. The lowest BCUT2D eigenvalue weighted by atomic mass is 10.1. The molecule has 1 saturated carbocycles. The van der Waals surface area contributed by atoms with Crippen LogP contribution in [0, 0.1) is 22.7 Å². The molecule has 1 aliphatic heterocycles. The summed E-state index contributed by atoms with van der Waals surface area (Å²) in [5.41, 5.74) is 7.27. The molecule has 1 saturated heterocycles. The van der Waals surface area contributed by atoms with Crippen LogP contribution in [-0.4, -0.2) is 62.5 Å². The van der Waals surface area contributed by atoms with Crippen molar-refractivity contribution in [2.75, 3.05) is 25.5 Å². The molecule has 4 heterocycles. The molecule has 11 nitrogen and oxygen atoms in total. The Balaban J connectivity index is 1.47. The first-order chi connectivity index (χ1) is 16.3. The number of hydrogen-bond donors (Lipinski definition) is 2. The number of amides is 2. The zero-order valence-electron chi connectivity index (χ0n) is 18.9. The number of pyridine rings is 1. The van der Waals surface area contributed by atoms with Crippen LogP contribution < -0.4 is 15.8 Å². The number of rotatable bonds is 6. The largest absolute Gasteiger partial charge is 0.481 e. The van der Waals surface area contributed by atoms with Gasteiger partial charge in [-0.2, -0.15) is 10.4 Å². The Kier molecular flexibility index (Phi) is 5.08. The SMILES string of the molecule is COc1ccc(-c2cn3ncc(C(N)=O)c(N[C@@H]4CN(C(=O)C5(C#N)CC5)C[C@@H]4C)c3n2)cn1. The number of anilines is 1. The number of fused-ring (bicyclic) bond motifs is 1. The summed E-state index contributed by atoms with van der Waals surface area (Å²) < 4.78 is 6.69. The molecule has 1 aliphatic carbocycles. The van der Waals surface area contributed by atoms with Crippen molar-refractivity contribution in [1.29, 1.82) is 5.26 Å². The van der Waals surface area contributed by atoms with Crippen molar-refractivity contribution in [3.05, 3.63) is 36.3 Å². The van der Waals surface area contributed by atoms with Crippen LogP contribution in [0.5, 0.6) is 5.88 Å². The molecule has 0 spiro atoms. The number of carbonyl (C=O) groups is 2. The Labute approximate surface area is 195 Å². The van der Waals surface area contributed by atoms with Gasteiger partial charge in [0.15, 0.2) is 5.65 Å². The Hall–Kier alpha value is -4.20. The van der Waals surface area contributed by atoms with Crippen molar-refractivity contribution < 1.29 is 14.3 Å². The lowest BCUT2D eigenvalue weighted by Gasteiger charge is -2.21. The fourth-order valence-electron chi connectivity index (χ4n) is 4.36. The van der Waals surface area contributed by atoms with Gasteiger partial charge in [-0.15, -0.1) is 0 Å². The van der Waals surface area contributed by atoms with Crippen molar-refractivity contribution in [3.8, 4) is 23.2 Å². The third kappa shape index (κ3) is 3.57. The van der Waals surface area contributed by atoms with Gasteiger partial charge >= 0.3 is 0 Å². The van der Waals surface area contributed by atoms with Crippen LogP contribution in [0.4, 0.5) is 5.69 Å². The smallest absolute Gasteiger partial charge is 0.252 e. The van der Waals surface area contributed by atoms with Gasteiger partial charge in [-0.1, -0.05) is 6.92 Å². The Morgan fingerprint density at radius 2 is 2.09 bits per heavy atom. The topological polar surface area (TPSA) is 152 Å². The number of nitrogens with two attached hydrogens (primary N) is 1. The van der Waals surface area contributed by atoms with Gasteiger partial charge < -0.3 is 20.7 Å². The number of nitriles is 1. The summed E-state index contributed by atoms with van der Waals surface area (Å²) in [6.45, 7) is 2.98. The van der Waals surface area contributed by atoms with Crippen LogP contribution in [0.15, 0.2) is 30.7 Å². The normalized spacial score (nSPS) is 20.7. The number of ether oxygens (including phenoxy) is 1. The van der Waals surface area contributed by atoms with Gasteiger partial charge in [-0.05, 0) is 24.8 Å². The third-order valence-corrected chi connectivity index (χ3v) is 6.60. The summed E-state index contributed by atoms with van der Waals surface area (Å²) in [4.78, 5) is 35.7. The van der Waals surface area contributed by atoms with Gasteiger partial charge in [-0.3, -0.25) is 9.59 Å². The second kappa shape index (κ2) is 7.98. The second-order valence-electron chi connectivity index (χ2n) is 8.91. The molecule has 2 fully saturated rings. The molecule has 2 atom stereocenters. The molecule has 11 heteroatoms. The van der Waals surface area contributed by atoms with Crippen molar-refractivity contribution in [3.63, 3.8) is 0 Å². The summed E-state index contributed by atoms with van der Waals surface area (Å²) in [6, 6.07) is 5.60. The first-order valence-corrected chi connectivity index (χ1v) is 11.0. The molecule has 3 aromatic heterocycles. The van der Waals surface area contributed by atoms with E-state index in [4.69, 9.17) is 15.5 Å². The summed E-state index contributed by atoms with van der Waals surface area (Å²) in [6.07, 6.45) is 6.02. The standard InChI is InChI=1S/C23H24N8O3/c1-13-9-30(22(33)23(12-24)5-6-23)10-16(13)28-19-15(20(25)32)8-27-31-11-17(29-21(19)31)14-3-4-18(34-2)26-7-14/h3-4,7-8,11,13,16,28H,5-6,9-10H2,1-2H3,(H2,25,32)/t13-,16+/m0/s1. The minimum atomic E-state index is -0.860. The molecular formula is C23H24N8O3. The number of nitrogens with one attached hydrogen (secondary N) is 1. The van der Waals surface area contributed by atoms with Crippen LogP contribution in [0.1, 0.15) is 30.1 Å². The quantitative estimate of drug-likeness (QED) is 0.561. The number of aromatic nitrogens is 4. The Bertz CT molecular complexity index is 1320. The summed E-state index contributed by atoms with van der Waals surface area (Å²) in [5.74, 6) is -0.167. The highest BCUT2D eigenvalue weighted by Crippen LogP contribution is 2.47. The first-order valence-electron chi connectivity index (χ1n) is 11.0. The lowest BCUT2D eigenvalue weighted by molar-refractivity contribution is -0.134. The van der Waals surface area contributed by atoms with Crippen LogP contribution in [0.25, 0.3) is 16.9 Å². The number of carbonyl (C=O) groups excluding carboxylic acids is 2. The maximum absolute atomic E-state index is 12.9. The van der Waals surface area contributed by atoms with Crippen molar-refractivity contribution in [2.45, 2.75) is 25.8 Å². The van der Waals surface area contributed by atoms with Crippen LogP contribution in [0.2, 0.25) is 0 Å². The van der Waals surface area contributed by atoms with E-state index in [1.165, 1.54) is 6.20 Å². The van der Waals surface area contributed by atoms with Gasteiger partial charge in [0.2, 0.25) is 11.8 Å². The first kappa shape index (κ1) is 21.6. The Morgan fingerprint density at radius 1 is 1.29 bits per heavy atom.